The topological polar surface area (TPSA) is 70.2 Å². The molecule has 21 heavy (non-hydrogen) atoms. The van der Waals surface area contributed by atoms with Crippen molar-refractivity contribution in [2.75, 3.05) is 31.1 Å². The number of aromatic nitrogens is 2. The van der Waals surface area contributed by atoms with Crippen molar-refractivity contribution in [3.63, 3.8) is 0 Å². The Labute approximate surface area is 125 Å². The molecule has 2 atom stereocenters. The summed E-state index contributed by atoms with van der Waals surface area (Å²) in [6.45, 7) is 3.54. The molecule has 2 aliphatic heterocycles. The van der Waals surface area contributed by atoms with Crippen molar-refractivity contribution < 1.29 is 4.79 Å². The number of piperidine rings is 1. The maximum atomic E-state index is 12.2. The van der Waals surface area contributed by atoms with Crippen LogP contribution in [-0.4, -0.2) is 48.3 Å². The summed E-state index contributed by atoms with van der Waals surface area (Å²) >= 11 is 0. The van der Waals surface area contributed by atoms with E-state index in [2.05, 4.69) is 25.7 Å². The monoisotopic (exact) mass is 289 g/mol. The molecule has 2 saturated heterocycles. The number of amides is 1. The van der Waals surface area contributed by atoms with Crippen LogP contribution in [0.1, 0.15) is 25.7 Å². The molecule has 0 aliphatic carbocycles. The second kappa shape index (κ2) is 6.85. The van der Waals surface area contributed by atoms with Crippen molar-refractivity contribution in [3.05, 3.63) is 18.3 Å². The number of hydrogen-bond donors (Lipinski definition) is 2. The maximum absolute atomic E-state index is 12.2. The fraction of sp³-hybridized carbons (Fsp3) is 0.667. The average Bonchev–Trinajstić information content (AvgIpc) is 3.03. The largest absolute Gasteiger partial charge is 0.354 e. The van der Waals surface area contributed by atoms with Crippen LogP contribution in [-0.2, 0) is 4.79 Å². The van der Waals surface area contributed by atoms with Gasteiger partial charge in [-0.3, -0.25) is 4.79 Å². The molecule has 2 aliphatic rings. The third kappa shape index (κ3) is 3.50. The molecule has 114 valence electrons. The second-order valence-electron chi connectivity index (χ2n) is 5.86. The Morgan fingerprint density at radius 1 is 1.43 bits per heavy atom. The molecule has 1 aromatic rings. The average molecular weight is 289 g/mol. The van der Waals surface area contributed by atoms with E-state index in [1.54, 1.807) is 6.20 Å². The number of carbonyl (C=O) groups excluding carboxylic acids is 1. The van der Waals surface area contributed by atoms with Gasteiger partial charge >= 0.3 is 0 Å². The third-order valence-corrected chi connectivity index (χ3v) is 4.41. The number of carbonyl (C=O) groups is 1. The number of nitrogens with zero attached hydrogens (tertiary/aromatic N) is 3. The Morgan fingerprint density at radius 2 is 2.38 bits per heavy atom. The van der Waals surface area contributed by atoms with E-state index in [0.29, 0.717) is 12.6 Å². The third-order valence-electron chi connectivity index (χ3n) is 4.41. The van der Waals surface area contributed by atoms with E-state index in [1.165, 1.54) is 0 Å². The predicted molar refractivity (Wildman–Crippen MR) is 81.0 cm³/mol. The van der Waals surface area contributed by atoms with Gasteiger partial charge in [-0.1, -0.05) is 0 Å². The SMILES string of the molecule is O=C(NCC1CCCN1c1cccnn1)C1CCCNC1. The van der Waals surface area contributed by atoms with E-state index in [1.807, 2.05) is 12.1 Å². The second-order valence-corrected chi connectivity index (χ2v) is 5.86. The van der Waals surface area contributed by atoms with Crippen LogP contribution in [0.25, 0.3) is 0 Å². The first-order valence-corrected chi connectivity index (χ1v) is 7.87. The van der Waals surface area contributed by atoms with E-state index in [-0.39, 0.29) is 11.8 Å². The standard InChI is InChI=1S/C15H23N5O/c21-15(12-4-1-7-16-10-12)17-11-13-5-3-9-20(13)14-6-2-8-18-19-14/h2,6,8,12-13,16H,1,3-5,7,9-11H2,(H,17,21). The number of rotatable bonds is 4. The van der Waals surface area contributed by atoms with Crippen molar-refractivity contribution in [2.24, 2.45) is 5.92 Å². The molecule has 6 nitrogen and oxygen atoms in total. The fourth-order valence-corrected chi connectivity index (χ4v) is 3.23. The van der Waals surface area contributed by atoms with Crippen LogP contribution in [0.2, 0.25) is 0 Å². The molecule has 2 unspecified atom stereocenters. The van der Waals surface area contributed by atoms with Gasteiger partial charge in [0.25, 0.3) is 0 Å². The van der Waals surface area contributed by atoms with Gasteiger partial charge < -0.3 is 15.5 Å². The molecule has 3 heterocycles. The highest BCUT2D eigenvalue weighted by atomic mass is 16.1. The van der Waals surface area contributed by atoms with Crippen LogP contribution in [0.4, 0.5) is 5.82 Å². The molecular formula is C15H23N5O. The van der Waals surface area contributed by atoms with Crippen molar-refractivity contribution in [1.82, 2.24) is 20.8 Å². The van der Waals surface area contributed by atoms with E-state index >= 15 is 0 Å². The van der Waals surface area contributed by atoms with E-state index in [9.17, 15) is 4.79 Å². The number of hydrogen-bond acceptors (Lipinski definition) is 5. The normalized spacial score (nSPS) is 25.8. The number of nitrogens with one attached hydrogen (secondary N) is 2. The Morgan fingerprint density at radius 3 is 3.14 bits per heavy atom. The van der Waals surface area contributed by atoms with Gasteiger partial charge in [0.15, 0.2) is 5.82 Å². The van der Waals surface area contributed by atoms with Crippen LogP contribution in [0.15, 0.2) is 18.3 Å². The van der Waals surface area contributed by atoms with Gasteiger partial charge in [0, 0.05) is 31.9 Å². The van der Waals surface area contributed by atoms with Gasteiger partial charge in [0.05, 0.1) is 5.92 Å². The fourth-order valence-electron chi connectivity index (χ4n) is 3.23. The molecule has 0 saturated carbocycles. The summed E-state index contributed by atoms with van der Waals surface area (Å²) < 4.78 is 0. The smallest absolute Gasteiger partial charge is 0.224 e. The summed E-state index contributed by atoms with van der Waals surface area (Å²) in [6.07, 6.45) is 6.01. The Bertz CT molecular complexity index is 460. The zero-order valence-corrected chi connectivity index (χ0v) is 12.3. The minimum absolute atomic E-state index is 0.130. The van der Waals surface area contributed by atoms with Gasteiger partial charge in [-0.05, 0) is 44.4 Å². The molecule has 0 spiro atoms. The van der Waals surface area contributed by atoms with Gasteiger partial charge in [-0.25, -0.2) is 0 Å². The highest BCUT2D eigenvalue weighted by Gasteiger charge is 2.27. The minimum atomic E-state index is 0.130. The molecule has 1 aromatic heterocycles. The van der Waals surface area contributed by atoms with Crippen LogP contribution < -0.4 is 15.5 Å². The molecule has 2 N–H and O–H groups in total. The van der Waals surface area contributed by atoms with Gasteiger partial charge in [0.1, 0.15) is 0 Å². The lowest BCUT2D eigenvalue weighted by Crippen LogP contribution is -2.45. The molecule has 3 rings (SSSR count). The lowest BCUT2D eigenvalue weighted by molar-refractivity contribution is -0.125. The summed E-state index contributed by atoms with van der Waals surface area (Å²) in [5, 5.41) is 14.5. The first kappa shape index (κ1) is 14.3. The zero-order valence-electron chi connectivity index (χ0n) is 12.3. The quantitative estimate of drug-likeness (QED) is 0.847. The Balaban J connectivity index is 1.53. The lowest BCUT2D eigenvalue weighted by atomic mass is 9.99. The lowest BCUT2D eigenvalue weighted by Gasteiger charge is -2.27. The molecule has 1 amide bonds. The van der Waals surface area contributed by atoms with Crippen LogP contribution in [0.3, 0.4) is 0 Å². The minimum Gasteiger partial charge on any atom is -0.354 e. The van der Waals surface area contributed by atoms with E-state index in [0.717, 1.165) is 51.1 Å². The summed E-state index contributed by atoms with van der Waals surface area (Å²) in [5.41, 5.74) is 0. The summed E-state index contributed by atoms with van der Waals surface area (Å²) in [5.74, 6) is 1.23. The van der Waals surface area contributed by atoms with Crippen LogP contribution in [0.5, 0.6) is 0 Å². The summed E-state index contributed by atoms with van der Waals surface area (Å²) in [4.78, 5) is 14.5. The summed E-state index contributed by atoms with van der Waals surface area (Å²) in [6, 6.07) is 4.23. The Hall–Kier alpha value is -1.69. The van der Waals surface area contributed by atoms with Crippen molar-refractivity contribution in [3.8, 4) is 0 Å². The first-order chi connectivity index (χ1) is 10.3. The van der Waals surface area contributed by atoms with Gasteiger partial charge in [-0.15, -0.1) is 5.10 Å². The molecule has 2 fully saturated rings. The summed E-state index contributed by atoms with van der Waals surface area (Å²) in [7, 11) is 0. The van der Waals surface area contributed by atoms with E-state index in [4.69, 9.17) is 0 Å². The van der Waals surface area contributed by atoms with Gasteiger partial charge in [0.2, 0.25) is 5.91 Å². The maximum Gasteiger partial charge on any atom is 0.224 e. The number of anilines is 1. The Kier molecular flexibility index (Phi) is 4.65. The zero-order chi connectivity index (χ0) is 14.5. The highest BCUT2D eigenvalue weighted by molar-refractivity contribution is 5.79. The molecule has 0 radical (unpaired) electrons. The van der Waals surface area contributed by atoms with Crippen molar-refractivity contribution in [1.29, 1.82) is 0 Å². The first-order valence-electron chi connectivity index (χ1n) is 7.87. The molecular weight excluding hydrogens is 266 g/mol. The van der Waals surface area contributed by atoms with Crippen molar-refractivity contribution >= 4 is 11.7 Å². The van der Waals surface area contributed by atoms with E-state index < -0.39 is 0 Å². The predicted octanol–water partition coefficient (Wildman–Crippen LogP) is 0.561. The highest BCUT2D eigenvalue weighted by Crippen LogP contribution is 2.22. The van der Waals surface area contributed by atoms with Gasteiger partial charge in [-0.2, -0.15) is 5.10 Å². The van der Waals surface area contributed by atoms with Crippen LogP contribution >= 0.6 is 0 Å². The molecule has 0 bridgehead atoms. The van der Waals surface area contributed by atoms with Crippen molar-refractivity contribution in [2.45, 2.75) is 31.7 Å². The molecule has 6 heteroatoms. The van der Waals surface area contributed by atoms with Crippen LogP contribution in [0, 0.1) is 5.92 Å². The molecule has 0 aromatic carbocycles.